The van der Waals surface area contributed by atoms with Gasteiger partial charge in [-0.2, -0.15) is 13.2 Å². The fourth-order valence-corrected chi connectivity index (χ4v) is 4.90. The zero-order chi connectivity index (χ0) is 30.3. The molecule has 4 aromatic carbocycles. The molecule has 4 aromatic rings. The molecule has 4 rings (SSSR count). The maximum atomic E-state index is 13.1. The van der Waals surface area contributed by atoms with E-state index < -0.39 is 27.6 Å². The van der Waals surface area contributed by atoms with Crippen molar-refractivity contribution in [3.05, 3.63) is 119 Å². The molecule has 11 heteroatoms. The lowest BCUT2D eigenvalue weighted by Crippen LogP contribution is -2.28. The number of carbonyl (C=O) groups excluding carboxylic acids is 2. The Morgan fingerprint density at radius 3 is 2.02 bits per heavy atom. The van der Waals surface area contributed by atoms with Crippen molar-refractivity contribution in [1.29, 1.82) is 0 Å². The van der Waals surface area contributed by atoms with Crippen LogP contribution in [0.15, 0.2) is 102 Å². The summed E-state index contributed by atoms with van der Waals surface area (Å²) in [5.41, 5.74) is 2.83. The number of carbonyl (C=O) groups is 2. The van der Waals surface area contributed by atoms with Gasteiger partial charge in [0.15, 0.2) is 9.84 Å². The van der Waals surface area contributed by atoms with Crippen LogP contribution in [0.1, 0.15) is 27.0 Å². The molecule has 0 saturated carbocycles. The quantitative estimate of drug-likeness (QED) is 0.219. The van der Waals surface area contributed by atoms with Crippen molar-refractivity contribution in [2.45, 2.75) is 24.0 Å². The van der Waals surface area contributed by atoms with Gasteiger partial charge in [-0.05, 0) is 71.1 Å². The maximum absolute atomic E-state index is 13.1. The molecule has 0 unspecified atom stereocenters. The SMILES string of the molecule is CS(=O)(=O)c1ccc(CCNC(=O)c2ccccc2-c2ccccc2CNC(=O)Nc2ccc(C(F)(F)F)cc2)cc1. The monoisotopic (exact) mass is 595 g/mol. The summed E-state index contributed by atoms with van der Waals surface area (Å²) < 4.78 is 61.6. The Morgan fingerprint density at radius 2 is 1.38 bits per heavy atom. The van der Waals surface area contributed by atoms with E-state index in [1.165, 1.54) is 24.3 Å². The average molecular weight is 596 g/mol. The second-order valence-corrected chi connectivity index (χ2v) is 11.5. The van der Waals surface area contributed by atoms with Gasteiger partial charge in [0.2, 0.25) is 0 Å². The number of alkyl halides is 3. The van der Waals surface area contributed by atoms with E-state index >= 15 is 0 Å². The molecule has 0 radical (unpaired) electrons. The second kappa shape index (κ2) is 12.9. The van der Waals surface area contributed by atoms with Crippen LogP contribution in [-0.2, 0) is 29.0 Å². The lowest BCUT2D eigenvalue weighted by molar-refractivity contribution is -0.137. The smallest absolute Gasteiger partial charge is 0.352 e. The van der Waals surface area contributed by atoms with Gasteiger partial charge in [0.05, 0.1) is 10.5 Å². The standard InChI is InChI=1S/C31H28F3N3O4S/c1-42(40,41)25-16-10-21(11-17-25)18-19-35-29(38)28-9-5-4-8-27(28)26-7-3-2-6-22(26)20-36-30(39)37-24-14-12-23(13-15-24)31(32,33)34/h2-17H,18-20H2,1H3,(H,35,38)(H2,36,37,39). The lowest BCUT2D eigenvalue weighted by Gasteiger charge is -2.15. The molecule has 218 valence electrons. The van der Waals surface area contributed by atoms with Crippen molar-refractivity contribution >= 4 is 27.5 Å². The highest BCUT2D eigenvalue weighted by Crippen LogP contribution is 2.30. The van der Waals surface area contributed by atoms with Crippen LogP contribution in [0.5, 0.6) is 0 Å². The topological polar surface area (TPSA) is 104 Å². The van der Waals surface area contributed by atoms with Gasteiger partial charge < -0.3 is 16.0 Å². The summed E-state index contributed by atoms with van der Waals surface area (Å²) in [7, 11) is -3.28. The fraction of sp³-hybridized carbons (Fsp3) is 0.161. The third kappa shape index (κ3) is 7.97. The Bertz CT molecular complexity index is 1670. The summed E-state index contributed by atoms with van der Waals surface area (Å²) >= 11 is 0. The number of halogens is 3. The first-order valence-electron chi connectivity index (χ1n) is 12.9. The van der Waals surface area contributed by atoms with Gasteiger partial charge >= 0.3 is 12.2 Å². The molecule has 0 atom stereocenters. The molecule has 42 heavy (non-hydrogen) atoms. The second-order valence-electron chi connectivity index (χ2n) is 9.51. The highest BCUT2D eigenvalue weighted by atomic mass is 32.2. The number of sulfone groups is 1. The van der Waals surface area contributed by atoms with Crippen molar-refractivity contribution in [2.24, 2.45) is 0 Å². The number of amides is 3. The first-order chi connectivity index (χ1) is 19.9. The number of anilines is 1. The average Bonchev–Trinajstić information content (AvgIpc) is 2.96. The van der Waals surface area contributed by atoms with Gasteiger partial charge in [-0.25, -0.2) is 13.2 Å². The van der Waals surface area contributed by atoms with Gasteiger partial charge in [-0.3, -0.25) is 4.79 Å². The molecular formula is C31H28F3N3O4S. The van der Waals surface area contributed by atoms with Crippen molar-refractivity contribution in [3.8, 4) is 11.1 Å². The molecule has 7 nitrogen and oxygen atoms in total. The molecule has 0 spiro atoms. The Morgan fingerprint density at radius 1 is 0.762 bits per heavy atom. The predicted octanol–water partition coefficient (Wildman–Crippen LogP) is 6.07. The molecular weight excluding hydrogens is 567 g/mol. The van der Waals surface area contributed by atoms with Gasteiger partial charge in [0.1, 0.15) is 0 Å². The van der Waals surface area contributed by atoms with Crippen molar-refractivity contribution in [2.75, 3.05) is 18.1 Å². The van der Waals surface area contributed by atoms with E-state index in [1.54, 1.807) is 42.5 Å². The van der Waals surface area contributed by atoms with Gasteiger partial charge in [0, 0.05) is 30.6 Å². The highest BCUT2D eigenvalue weighted by Gasteiger charge is 2.30. The van der Waals surface area contributed by atoms with Crippen LogP contribution in [0.2, 0.25) is 0 Å². The van der Waals surface area contributed by atoms with Gasteiger partial charge in [0.25, 0.3) is 5.91 Å². The first-order valence-corrected chi connectivity index (χ1v) is 14.8. The number of rotatable bonds is 9. The Kier molecular flexibility index (Phi) is 9.31. The van der Waals surface area contributed by atoms with E-state index in [4.69, 9.17) is 0 Å². The number of urea groups is 1. The van der Waals surface area contributed by atoms with Crippen LogP contribution in [0.25, 0.3) is 11.1 Å². The summed E-state index contributed by atoms with van der Waals surface area (Å²) in [6.07, 6.45) is -2.82. The minimum absolute atomic E-state index is 0.0993. The third-order valence-electron chi connectivity index (χ3n) is 6.44. The van der Waals surface area contributed by atoms with Crippen LogP contribution in [0, 0.1) is 0 Å². The van der Waals surface area contributed by atoms with E-state index in [0.717, 1.165) is 35.1 Å². The zero-order valence-corrected chi connectivity index (χ0v) is 23.4. The lowest BCUT2D eigenvalue weighted by atomic mass is 9.95. The number of hydrogen-bond acceptors (Lipinski definition) is 4. The molecule has 0 aromatic heterocycles. The van der Waals surface area contributed by atoms with Crippen LogP contribution in [-0.4, -0.2) is 33.2 Å². The molecule has 3 amide bonds. The number of nitrogens with one attached hydrogen (secondary N) is 3. The molecule has 0 bridgehead atoms. The van der Waals surface area contributed by atoms with Crippen LogP contribution < -0.4 is 16.0 Å². The summed E-state index contributed by atoms with van der Waals surface area (Å²) in [6.45, 7) is 0.431. The molecule has 0 fully saturated rings. The Labute approximate surface area is 241 Å². The molecule has 0 aliphatic heterocycles. The fourth-order valence-electron chi connectivity index (χ4n) is 4.27. The first kappa shape index (κ1) is 30.3. The molecule has 0 aliphatic carbocycles. The van der Waals surface area contributed by atoms with E-state index in [0.29, 0.717) is 24.1 Å². The van der Waals surface area contributed by atoms with Crippen LogP contribution >= 0.6 is 0 Å². The molecule has 0 heterocycles. The summed E-state index contributed by atoms with van der Waals surface area (Å²) in [6, 6.07) is 24.4. The van der Waals surface area contributed by atoms with Crippen LogP contribution in [0.3, 0.4) is 0 Å². The predicted molar refractivity (Wildman–Crippen MR) is 155 cm³/mol. The minimum Gasteiger partial charge on any atom is -0.352 e. The third-order valence-corrected chi connectivity index (χ3v) is 7.57. The molecule has 0 aliphatic rings. The van der Waals surface area contributed by atoms with Crippen LogP contribution in [0.4, 0.5) is 23.7 Å². The van der Waals surface area contributed by atoms with E-state index in [-0.39, 0.29) is 23.0 Å². The molecule has 3 N–H and O–H groups in total. The number of benzene rings is 4. The zero-order valence-electron chi connectivity index (χ0n) is 22.5. The molecule has 0 saturated heterocycles. The minimum atomic E-state index is -4.47. The van der Waals surface area contributed by atoms with Crippen molar-refractivity contribution in [3.63, 3.8) is 0 Å². The summed E-state index contributed by atoms with van der Waals surface area (Å²) in [4.78, 5) is 25.8. The Balaban J connectivity index is 1.40. The van der Waals surface area contributed by atoms with E-state index in [1.807, 2.05) is 18.2 Å². The van der Waals surface area contributed by atoms with E-state index in [2.05, 4.69) is 16.0 Å². The summed E-state index contributed by atoms with van der Waals surface area (Å²) in [5, 5.41) is 8.13. The largest absolute Gasteiger partial charge is 0.416 e. The summed E-state index contributed by atoms with van der Waals surface area (Å²) in [5.74, 6) is -0.291. The normalized spacial score (nSPS) is 11.5. The Hall–Kier alpha value is -4.64. The highest BCUT2D eigenvalue weighted by molar-refractivity contribution is 7.90. The maximum Gasteiger partial charge on any atom is 0.416 e. The van der Waals surface area contributed by atoms with Crippen molar-refractivity contribution in [1.82, 2.24) is 10.6 Å². The number of hydrogen-bond donors (Lipinski definition) is 3. The van der Waals surface area contributed by atoms with Crippen molar-refractivity contribution < 1.29 is 31.2 Å². The van der Waals surface area contributed by atoms with Gasteiger partial charge in [-0.1, -0.05) is 54.6 Å². The van der Waals surface area contributed by atoms with Gasteiger partial charge in [-0.15, -0.1) is 0 Å². The van der Waals surface area contributed by atoms with E-state index in [9.17, 15) is 31.2 Å².